The third-order valence-corrected chi connectivity index (χ3v) is 4.78. The zero-order valence-corrected chi connectivity index (χ0v) is 16.7. The van der Waals surface area contributed by atoms with Crippen molar-refractivity contribution < 1.29 is 14.3 Å². The van der Waals surface area contributed by atoms with Crippen LogP contribution in [-0.2, 0) is 4.79 Å². The highest BCUT2D eigenvalue weighted by molar-refractivity contribution is 6.15. The maximum Gasteiger partial charge on any atom is 0.246 e. The van der Waals surface area contributed by atoms with E-state index in [1.165, 1.54) is 12.4 Å². The highest BCUT2D eigenvalue weighted by Crippen LogP contribution is 2.28. The maximum atomic E-state index is 13.3. The lowest BCUT2D eigenvalue weighted by atomic mass is 10.0. The lowest BCUT2D eigenvalue weighted by molar-refractivity contribution is -0.126. The molecule has 0 atom stereocenters. The van der Waals surface area contributed by atoms with Crippen molar-refractivity contribution in [2.24, 2.45) is 0 Å². The topological polar surface area (TPSA) is 87.7 Å². The first-order valence-electron chi connectivity index (χ1n) is 9.55. The van der Waals surface area contributed by atoms with Gasteiger partial charge in [-0.1, -0.05) is 6.58 Å². The van der Waals surface area contributed by atoms with Gasteiger partial charge in [0.05, 0.1) is 6.61 Å². The molecule has 29 heavy (non-hydrogen) atoms. The van der Waals surface area contributed by atoms with Crippen molar-refractivity contribution >= 4 is 23.3 Å². The summed E-state index contributed by atoms with van der Waals surface area (Å²) in [5.41, 5.74) is 0.948. The number of aromatic nitrogens is 2. The lowest BCUT2D eigenvalue weighted by Crippen LogP contribution is -2.49. The molecule has 1 aromatic carbocycles. The molecule has 1 N–H and O–H groups in total. The molecule has 0 unspecified atom stereocenters. The molecule has 1 aliphatic rings. The first-order valence-corrected chi connectivity index (χ1v) is 9.55. The predicted molar refractivity (Wildman–Crippen MR) is 112 cm³/mol. The van der Waals surface area contributed by atoms with Gasteiger partial charge < -0.3 is 19.9 Å². The van der Waals surface area contributed by atoms with Crippen LogP contribution in [-0.4, -0.2) is 66.4 Å². The molecular weight excluding hydrogens is 370 g/mol. The Bertz CT molecular complexity index is 890. The van der Waals surface area contributed by atoms with E-state index in [2.05, 4.69) is 21.9 Å². The van der Waals surface area contributed by atoms with Crippen molar-refractivity contribution in [3.8, 4) is 5.75 Å². The van der Waals surface area contributed by atoms with E-state index in [0.29, 0.717) is 61.3 Å². The molecule has 2 heterocycles. The molecular formula is C21H25N5O3. The molecule has 2 aromatic rings. The van der Waals surface area contributed by atoms with Crippen LogP contribution >= 0.6 is 0 Å². The number of hydrogen-bond acceptors (Lipinski definition) is 7. The van der Waals surface area contributed by atoms with Crippen molar-refractivity contribution in [2.45, 2.75) is 6.92 Å². The Kier molecular flexibility index (Phi) is 6.43. The fourth-order valence-electron chi connectivity index (χ4n) is 3.30. The van der Waals surface area contributed by atoms with Crippen LogP contribution in [0.1, 0.15) is 22.8 Å². The average Bonchev–Trinajstić information content (AvgIpc) is 2.78. The number of amides is 1. The fraction of sp³-hybridized carbons (Fsp3) is 0.333. The van der Waals surface area contributed by atoms with E-state index in [1.54, 1.807) is 36.2 Å². The normalized spacial score (nSPS) is 13.7. The number of nitrogens with one attached hydrogen (secondary N) is 1. The summed E-state index contributed by atoms with van der Waals surface area (Å²) in [6.07, 6.45) is 2.76. The van der Waals surface area contributed by atoms with Crippen LogP contribution in [0.15, 0.2) is 43.2 Å². The number of nitrogens with zero attached hydrogens (tertiary/aromatic N) is 4. The Morgan fingerprint density at radius 2 is 1.86 bits per heavy atom. The summed E-state index contributed by atoms with van der Waals surface area (Å²) in [6.45, 7) is 8.24. The van der Waals surface area contributed by atoms with E-state index in [1.807, 2.05) is 11.8 Å². The van der Waals surface area contributed by atoms with Gasteiger partial charge in [0.2, 0.25) is 5.91 Å². The molecule has 3 rings (SSSR count). The van der Waals surface area contributed by atoms with Crippen LogP contribution in [0.5, 0.6) is 5.75 Å². The number of rotatable bonds is 7. The number of anilines is 2. The van der Waals surface area contributed by atoms with E-state index in [-0.39, 0.29) is 11.7 Å². The van der Waals surface area contributed by atoms with E-state index in [9.17, 15) is 9.59 Å². The summed E-state index contributed by atoms with van der Waals surface area (Å²) in [4.78, 5) is 37.5. The second-order valence-electron chi connectivity index (χ2n) is 6.47. The van der Waals surface area contributed by atoms with Crippen LogP contribution in [0, 0.1) is 0 Å². The molecule has 0 aliphatic carbocycles. The molecule has 8 nitrogen and oxygen atoms in total. The van der Waals surface area contributed by atoms with Crippen molar-refractivity contribution in [2.75, 3.05) is 50.1 Å². The maximum absolute atomic E-state index is 13.3. The van der Waals surface area contributed by atoms with Crippen LogP contribution in [0.3, 0.4) is 0 Å². The minimum atomic E-state index is -0.169. The van der Waals surface area contributed by atoms with Crippen LogP contribution < -0.4 is 15.0 Å². The van der Waals surface area contributed by atoms with E-state index < -0.39 is 0 Å². The number of ether oxygens (including phenoxy) is 1. The van der Waals surface area contributed by atoms with Gasteiger partial charge in [-0.2, -0.15) is 0 Å². The zero-order valence-electron chi connectivity index (χ0n) is 16.7. The summed E-state index contributed by atoms with van der Waals surface area (Å²) in [5.74, 6) is 1.49. The van der Waals surface area contributed by atoms with E-state index in [4.69, 9.17) is 4.74 Å². The van der Waals surface area contributed by atoms with Gasteiger partial charge in [-0.15, -0.1) is 0 Å². The van der Waals surface area contributed by atoms with Gasteiger partial charge in [-0.05, 0) is 37.3 Å². The molecule has 8 heteroatoms. The Morgan fingerprint density at radius 3 is 2.45 bits per heavy atom. The SMILES string of the molecule is C=CC(=O)N1CCN(c2ncnc(NC)c2C(=O)c2ccc(OCC)cc2)CC1. The van der Waals surface area contributed by atoms with Crippen LogP contribution in [0.4, 0.5) is 11.6 Å². The Hall–Kier alpha value is -3.42. The minimum absolute atomic E-state index is 0.0889. The van der Waals surface area contributed by atoms with Crippen molar-refractivity contribution in [1.29, 1.82) is 0 Å². The molecule has 0 spiro atoms. The third kappa shape index (κ3) is 4.37. The van der Waals surface area contributed by atoms with Gasteiger partial charge in [0.15, 0.2) is 5.78 Å². The fourth-order valence-corrected chi connectivity index (χ4v) is 3.30. The third-order valence-electron chi connectivity index (χ3n) is 4.78. The molecule has 1 aromatic heterocycles. The second kappa shape index (κ2) is 9.18. The minimum Gasteiger partial charge on any atom is -0.494 e. The average molecular weight is 395 g/mol. The predicted octanol–water partition coefficient (Wildman–Crippen LogP) is 1.98. The van der Waals surface area contributed by atoms with Crippen LogP contribution in [0.2, 0.25) is 0 Å². The van der Waals surface area contributed by atoms with Crippen molar-refractivity contribution in [1.82, 2.24) is 14.9 Å². The molecule has 1 aliphatic heterocycles. The lowest BCUT2D eigenvalue weighted by Gasteiger charge is -2.35. The largest absolute Gasteiger partial charge is 0.494 e. The zero-order chi connectivity index (χ0) is 20.8. The summed E-state index contributed by atoms with van der Waals surface area (Å²) < 4.78 is 5.45. The Morgan fingerprint density at radius 1 is 1.17 bits per heavy atom. The van der Waals surface area contributed by atoms with E-state index in [0.717, 1.165) is 0 Å². The summed E-state index contributed by atoms with van der Waals surface area (Å²) in [5, 5.41) is 2.99. The first kappa shape index (κ1) is 20.3. The van der Waals surface area contributed by atoms with Crippen LogP contribution in [0.25, 0.3) is 0 Å². The summed E-state index contributed by atoms with van der Waals surface area (Å²) in [6, 6.07) is 7.03. The first-order chi connectivity index (χ1) is 14.1. The van der Waals surface area contributed by atoms with Gasteiger partial charge in [0.25, 0.3) is 0 Å². The molecule has 0 radical (unpaired) electrons. The van der Waals surface area contributed by atoms with Gasteiger partial charge in [0, 0.05) is 38.8 Å². The number of carbonyl (C=O) groups excluding carboxylic acids is 2. The molecule has 1 fully saturated rings. The summed E-state index contributed by atoms with van der Waals surface area (Å²) in [7, 11) is 1.72. The highest BCUT2D eigenvalue weighted by atomic mass is 16.5. The quantitative estimate of drug-likeness (QED) is 0.566. The van der Waals surface area contributed by atoms with Gasteiger partial charge in [-0.25, -0.2) is 9.97 Å². The van der Waals surface area contributed by atoms with E-state index >= 15 is 0 Å². The number of benzene rings is 1. The molecule has 152 valence electrons. The van der Waals surface area contributed by atoms with Gasteiger partial charge in [0.1, 0.15) is 29.3 Å². The molecule has 0 bridgehead atoms. The van der Waals surface area contributed by atoms with Gasteiger partial charge >= 0.3 is 0 Å². The highest BCUT2D eigenvalue weighted by Gasteiger charge is 2.27. The second-order valence-corrected chi connectivity index (χ2v) is 6.47. The number of carbonyl (C=O) groups is 2. The standard InChI is InChI=1S/C21H25N5O3/c1-4-17(27)25-10-12-26(13-11-25)21-18(20(22-3)23-14-24-21)19(28)15-6-8-16(9-7-15)29-5-2/h4,6-9,14H,1,5,10-13H2,2-3H3,(H,22,23,24). The number of ketones is 1. The Labute approximate surface area is 170 Å². The smallest absolute Gasteiger partial charge is 0.246 e. The number of piperazine rings is 1. The number of hydrogen-bond donors (Lipinski definition) is 1. The monoisotopic (exact) mass is 395 g/mol. The Balaban J connectivity index is 1.89. The van der Waals surface area contributed by atoms with Gasteiger partial charge in [-0.3, -0.25) is 9.59 Å². The molecule has 0 saturated carbocycles. The molecule has 1 saturated heterocycles. The van der Waals surface area contributed by atoms with Crippen molar-refractivity contribution in [3.63, 3.8) is 0 Å². The molecule has 1 amide bonds. The van der Waals surface area contributed by atoms with Crippen molar-refractivity contribution in [3.05, 3.63) is 54.4 Å². The summed E-state index contributed by atoms with van der Waals surface area (Å²) >= 11 is 0.